The van der Waals surface area contributed by atoms with Crippen molar-refractivity contribution in [3.05, 3.63) is 29.8 Å². The molecule has 0 aromatic heterocycles. The van der Waals surface area contributed by atoms with Crippen molar-refractivity contribution in [1.29, 1.82) is 0 Å². The SMILES string of the molecule is C[C@@H](C(=O)O)c1ccc(OC(=O)N(C)C)cc1. The fourth-order valence-electron chi connectivity index (χ4n) is 1.16. The fraction of sp³-hybridized carbons (Fsp3) is 0.333. The topological polar surface area (TPSA) is 66.8 Å². The Morgan fingerprint density at radius 2 is 1.76 bits per heavy atom. The standard InChI is InChI=1S/C12H15NO4/c1-8(11(14)15)9-4-6-10(7-5-9)17-12(16)13(2)3/h4-8H,1-3H3,(H,14,15)/t8-/m1/s1. The summed E-state index contributed by atoms with van der Waals surface area (Å²) in [7, 11) is 3.17. The molecule has 5 nitrogen and oxygen atoms in total. The van der Waals surface area contributed by atoms with E-state index in [2.05, 4.69) is 0 Å². The molecule has 0 aliphatic heterocycles. The molecule has 1 atom stereocenters. The van der Waals surface area contributed by atoms with Crippen LogP contribution in [-0.4, -0.2) is 36.2 Å². The van der Waals surface area contributed by atoms with Gasteiger partial charge in [0.25, 0.3) is 0 Å². The zero-order chi connectivity index (χ0) is 13.0. The van der Waals surface area contributed by atoms with Crippen molar-refractivity contribution >= 4 is 12.1 Å². The van der Waals surface area contributed by atoms with Crippen LogP contribution in [0.4, 0.5) is 4.79 Å². The highest BCUT2D eigenvalue weighted by molar-refractivity contribution is 5.75. The predicted molar refractivity (Wildman–Crippen MR) is 62.2 cm³/mol. The first-order valence-electron chi connectivity index (χ1n) is 5.13. The number of aliphatic carboxylic acids is 1. The van der Waals surface area contributed by atoms with Crippen molar-refractivity contribution in [2.75, 3.05) is 14.1 Å². The zero-order valence-electron chi connectivity index (χ0n) is 10.0. The third-order valence-corrected chi connectivity index (χ3v) is 2.32. The average Bonchev–Trinajstić information content (AvgIpc) is 2.28. The summed E-state index contributed by atoms with van der Waals surface area (Å²) in [6.07, 6.45) is -0.468. The number of benzene rings is 1. The molecule has 0 saturated heterocycles. The second-order valence-electron chi connectivity index (χ2n) is 3.89. The van der Waals surface area contributed by atoms with Crippen molar-refractivity contribution in [3.8, 4) is 5.75 Å². The van der Waals surface area contributed by atoms with Crippen LogP contribution in [0, 0.1) is 0 Å². The molecule has 1 N–H and O–H groups in total. The van der Waals surface area contributed by atoms with E-state index in [1.165, 1.54) is 4.90 Å². The third-order valence-electron chi connectivity index (χ3n) is 2.32. The van der Waals surface area contributed by atoms with Crippen LogP contribution in [0.1, 0.15) is 18.4 Å². The largest absolute Gasteiger partial charge is 0.481 e. The zero-order valence-corrected chi connectivity index (χ0v) is 10.0. The minimum Gasteiger partial charge on any atom is -0.481 e. The van der Waals surface area contributed by atoms with E-state index in [0.717, 1.165) is 0 Å². The highest BCUT2D eigenvalue weighted by atomic mass is 16.6. The number of amides is 1. The molecule has 0 aliphatic carbocycles. The van der Waals surface area contributed by atoms with Crippen LogP contribution in [0.3, 0.4) is 0 Å². The molecule has 0 fully saturated rings. The summed E-state index contributed by atoms with van der Waals surface area (Å²) >= 11 is 0. The van der Waals surface area contributed by atoms with Crippen LogP contribution in [0.5, 0.6) is 5.75 Å². The molecule has 17 heavy (non-hydrogen) atoms. The summed E-state index contributed by atoms with van der Waals surface area (Å²) in [5.41, 5.74) is 0.669. The summed E-state index contributed by atoms with van der Waals surface area (Å²) in [5.74, 6) is -1.07. The number of carboxylic acid groups (broad SMARTS) is 1. The van der Waals surface area contributed by atoms with E-state index >= 15 is 0 Å². The Kier molecular flexibility index (Phi) is 4.09. The van der Waals surface area contributed by atoms with Gasteiger partial charge in [0.15, 0.2) is 0 Å². The number of hydrogen-bond donors (Lipinski definition) is 1. The summed E-state index contributed by atoms with van der Waals surface area (Å²) in [6, 6.07) is 6.43. The van der Waals surface area contributed by atoms with Gasteiger partial charge in [0, 0.05) is 14.1 Å². The normalized spacial score (nSPS) is 11.7. The molecule has 5 heteroatoms. The lowest BCUT2D eigenvalue weighted by molar-refractivity contribution is -0.138. The maximum absolute atomic E-state index is 11.2. The molecular weight excluding hydrogens is 222 g/mol. The Balaban J connectivity index is 2.75. The molecule has 0 heterocycles. The lowest BCUT2D eigenvalue weighted by atomic mass is 10.0. The summed E-state index contributed by atoms with van der Waals surface area (Å²) in [5, 5.41) is 8.83. The maximum atomic E-state index is 11.2. The van der Waals surface area contributed by atoms with Crippen molar-refractivity contribution in [2.45, 2.75) is 12.8 Å². The quantitative estimate of drug-likeness (QED) is 0.872. The number of carboxylic acids is 1. The Hall–Kier alpha value is -2.04. The van der Waals surface area contributed by atoms with Gasteiger partial charge in [0.05, 0.1) is 5.92 Å². The van der Waals surface area contributed by atoms with Crippen LogP contribution in [0.2, 0.25) is 0 Å². The lowest BCUT2D eigenvalue weighted by Crippen LogP contribution is -2.25. The van der Waals surface area contributed by atoms with Gasteiger partial charge in [-0.3, -0.25) is 4.79 Å². The van der Waals surface area contributed by atoms with Gasteiger partial charge in [0.2, 0.25) is 0 Å². The van der Waals surface area contributed by atoms with E-state index in [-0.39, 0.29) is 0 Å². The van der Waals surface area contributed by atoms with E-state index in [1.54, 1.807) is 45.3 Å². The third kappa shape index (κ3) is 3.48. The molecule has 1 aromatic carbocycles. The molecule has 1 rings (SSSR count). The lowest BCUT2D eigenvalue weighted by Gasteiger charge is -2.11. The number of hydrogen-bond acceptors (Lipinski definition) is 3. The molecule has 0 bridgehead atoms. The first-order chi connectivity index (χ1) is 7.91. The second-order valence-corrected chi connectivity index (χ2v) is 3.89. The van der Waals surface area contributed by atoms with E-state index in [9.17, 15) is 9.59 Å². The van der Waals surface area contributed by atoms with E-state index in [4.69, 9.17) is 9.84 Å². The Morgan fingerprint density at radius 1 is 1.24 bits per heavy atom. The van der Waals surface area contributed by atoms with Gasteiger partial charge < -0.3 is 14.7 Å². The molecule has 0 unspecified atom stereocenters. The van der Waals surface area contributed by atoms with Gasteiger partial charge in [-0.2, -0.15) is 0 Å². The minimum absolute atomic E-state index is 0.394. The van der Waals surface area contributed by atoms with E-state index in [0.29, 0.717) is 11.3 Å². The molecule has 0 aliphatic rings. The van der Waals surface area contributed by atoms with Crippen LogP contribution >= 0.6 is 0 Å². The van der Waals surface area contributed by atoms with Gasteiger partial charge in [-0.1, -0.05) is 12.1 Å². The molecule has 1 aromatic rings. The van der Waals surface area contributed by atoms with Gasteiger partial charge in [-0.25, -0.2) is 4.79 Å². The highest BCUT2D eigenvalue weighted by Gasteiger charge is 2.13. The Labute approximate surface area is 99.6 Å². The smallest absolute Gasteiger partial charge is 0.414 e. The van der Waals surface area contributed by atoms with Gasteiger partial charge in [-0.05, 0) is 24.6 Å². The number of rotatable bonds is 3. The van der Waals surface area contributed by atoms with E-state index in [1.807, 2.05) is 0 Å². The highest BCUT2D eigenvalue weighted by Crippen LogP contribution is 2.19. The number of ether oxygens (including phenoxy) is 1. The predicted octanol–water partition coefficient (Wildman–Crippen LogP) is 1.94. The molecule has 0 saturated carbocycles. The molecule has 92 valence electrons. The van der Waals surface area contributed by atoms with Crippen molar-refractivity contribution in [2.24, 2.45) is 0 Å². The summed E-state index contributed by atoms with van der Waals surface area (Å²) < 4.78 is 5.01. The summed E-state index contributed by atoms with van der Waals surface area (Å²) in [6.45, 7) is 1.60. The van der Waals surface area contributed by atoms with E-state index < -0.39 is 18.0 Å². The van der Waals surface area contributed by atoms with Gasteiger partial charge in [0.1, 0.15) is 5.75 Å². The number of nitrogens with zero attached hydrogens (tertiary/aromatic N) is 1. The minimum atomic E-state index is -0.886. The molecule has 1 amide bonds. The van der Waals surface area contributed by atoms with Gasteiger partial charge >= 0.3 is 12.1 Å². The van der Waals surface area contributed by atoms with Crippen LogP contribution in [-0.2, 0) is 4.79 Å². The van der Waals surface area contributed by atoms with Crippen molar-refractivity contribution in [1.82, 2.24) is 4.90 Å². The average molecular weight is 237 g/mol. The number of carbonyl (C=O) groups excluding carboxylic acids is 1. The number of carbonyl (C=O) groups is 2. The molecular formula is C12H15NO4. The van der Waals surface area contributed by atoms with Crippen molar-refractivity contribution in [3.63, 3.8) is 0 Å². The Bertz CT molecular complexity index is 411. The second kappa shape index (κ2) is 5.34. The van der Waals surface area contributed by atoms with Crippen LogP contribution in [0.15, 0.2) is 24.3 Å². The monoisotopic (exact) mass is 237 g/mol. The fourth-order valence-corrected chi connectivity index (χ4v) is 1.16. The van der Waals surface area contributed by atoms with Gasteiger partial charge in [-0.15, -0.1) is 0 Å². The van der Waals surface area contributed by atoms with Crippen molar-refractivity contribution < 1.29 is 19.4 Å². The maximum Gasteiger partial charge on any atom is 0.414 e. The van der Waals surface area contributed by atoms with Crippen LogP contribution < -0.4 is 4.74 Å². The first-order valence-corrected chi connectivity index (χ1v) is 5.13. The molecule has 0 spiro atoms. The summed E-state index contributed by atoms with van der Waals surface area (Å²) in [4.78, 5) is 23.3. The first kappa shape index (κ1) is 13.0. The molecule has 0 radical (unpaired) electrons. The van der Waals surface area contributed by atoms with Crippen LogP contribution in [0.25, 0.3) is 0 Å². The Morgan fingerprint density at radius 3 is 2.18 bits per heavy atom.